The lowest BCUT2D eigenvalue weighted by Gasteiger charge is -2.36. The fraction of sp³-hybridized carbons (Fsp3) is 0.448. The van der Waals surface area contributed by atoms with Gasteiger partial charge in [-0.1, -0.05) is 56.3 Å². The molecule has 196 valence electrons. The van der Waals surface area contributed by atoms with Gasteiger partial charge in [0.05, 0.1) is 22.5 Å². The van der Waals surface area contributed by atoms with E-state index in [4.69, 9.17) is 0 Å². The van der Waals surface area contributed by atoms with Crippen molar-refractivity contribution >= 4 is 23.6 Å². The van der Waals surface area contributed by atoms with Crippen LogP contribution in [0.15, 0.2) is 54.6 Å². The van der Waals surface area contributed by atoms with Crippen LogP contribution in [0.25, 0.3) is 0 Å². The van der Waals surface area contributed by atoms with Crippen LogP contribution >= 0.6 is 0 Å². The zero-order valence-electron chi connectivity index (χ0n) is 21.5. The molecule has 2 atom stereocenters. The van der Waals surface area contributed by atoms with Crippen molar-refractivity contribution in [1.29, 1.82) is 0 Å². The molecular weight excluding hydrogens is 470 g/mol. The maximum atomic E-state index is 13.9. The number of likely N-dealkylation sites (tertiary alicyclic amines) is 1. The summed E-state index contributed by atoms with van der Waals surface area (Å²) in [5.74, 6) is -2.30. The van der Waals surface area contributed by atoms with Crippen LogP contribution in [0.2, 0.25) is 0 Å². The number of rotatable bonds is 11. The molecule has 37 heavy (non-hydrogen) atoms. The zero-order valence-corrected chi connectivity index (χ0v) is 21.5. The minimum atomic E-state index is -1.01. The van der Waals surface area contributed by atoms with Crippen molar-refractivity contribution in [3.8, 4) is 0 Å². The van der Waals surface area contributed by atoms with Gasteiger partial charge in [-0.05, 0) is 55.7 Å². The van der Waals surface area contributed by atoms with E-state index in [0.717, 1.165) is 17.7 Å². The van der Waals surface area contributed by atoms with E-state index in [1.165, 1.54) is 5.56 Å². The minimum absolute atomic E-state index is 0.00837. The van der Waals surface area contributed by atoms with E-state index < -0.39 is 29.1 Å². The number of hydrogen-bond acceptors (Lipinski definition) is 5. The normalized spacial score (nSPS) is 20.1. The second-order valence-corrected chi connectivity index (χ2v) is 10.5. The molecule has 0 bridgehead atoms. The molecule has 4 rings (SSSR count). The third-order valence-electron chi connectivity index (χ3n) is 7.66. The Morgan fingerprint density at radius 1 is 0.973 bits per heavy atom. The lowest BCUT2D eigenvalue weighted by Crippen LogP contribution is -2.48. The average Bonchev–Trinajstić information content (AvgIpc) is 3.33. The maximum absolute atomic E-state index is 13.9. The lowest BCUT2D eigenvalue weighted by atomic mass is 9.67. The van der Waals surface area contributed by atoms with Crippen LogP contribution in [-0.4, -0.2) is 58.3 Å². The average molecular weight is 506 g/mol. The van der Waals surface area contributed by atoms with E-state index in [1.807, 2.05) is 36.9 Å². The van der Waals surface area contributed by atoms with E-state index in [-0.39, 0.29) is 24.8 Å². The number of benzene rings is 2. The van der Waals surface area contributed by atoms with Gasteiger partial charge in [-0.2, -0.15) is 0 Å². The van der Waals surface area contributed by atoms with Crippen molar-refractivity contribution in [1.82, 2.24) is 15.3 Å². The largest absolute Gasteiger partial charge is 0.342 e. The molecule has 0 aromatic heterocycles. The Labute approximate surface area is 217 Å². The Morgan fingerprint density at radius 2 is 1.59 bits per heavy atom. The Balaban J connectivity index is 1.51. The van der Waals surface area contributed by atoms with Crippen LogP contribution in [-0.2, 0) is 16.0 Å². The highest BCUT2D eigenvalue weighted by Crippen LogP contribution is 2.46. The van der Waals surface area contributed by atoms with Crippen LogP contribution in [0.3, 0.4) is 0 Å². The number of imide groups is 1. The third kappa shape index (κ3) is 5.30. The Kier molecular flexibility index (Phi) is 8.07. The van der Waals surface area contributed by atoms with Gasteiger partial charge in [0.2, 0.25) is 11.8 Å². The number of amides is 4. The molecule has 0 spiro atoms. The van der Waals surface area contributed by atoms with Gasteiger partial charge in [0, 0.05) is 19.6 Å². The number of carbonyl (C=O) groups excluding carboxylic acids is 4. The van der Waals surface area contributed by atoms with E-state index in [1.54, 1.807) is 29.7 Å². The molecule has 2 aliphatic heterocycles. The molecule has 0 saturated carbocycles. The van der Waals surface area contributed by atoms with Gasteiger partial charge in [-0.3, -0.25) is 29.3 Å². The number of hydrogen-bond donors (Lipinski definition) is 2. The van der Waals surface area contributed by atoms with Crippen LogP contribution < -0.4 is 5.48 Å². The second-order valence-electron chi connectivity index (χ2n) is 10.5. The number of nitrogens with zero attached hydrogens (tertiary/aromatic N) is 2. The summed E-state index contributed by atoms with van der Waals surface area (Å²) >= 11 is 0. The Bertz CT molecular complexity index is 1130. The van der Waals surface area contributed by atoms with E-state index in [0.29, 0.717) is 37.1 Å². The summed E-state index contributed by atoms with van der Waals surface area (Å²) in [5, 5.41) is 9.60. The summed E-state index contributed by atoms with van der Waals surface area (Å²) in [6.07, 6.45) is 2.70. The summed E-state index contributed by atoms with van der Waals surface area (Å²) < 4.78 is 0. The van der Waals surface area contributed by atoms with E-state index in [2.05, 4.69) is 12.1 Å². The molecule has 2 N–H and O–H groups in total. The first-order valence-corrected chi connectivity index (χ1v) is 13.0. The predicted molar refractivity (Wildman–Crippen MR) is 138 cm³/mol. The maximum Gasteiger partial charge on any atom is 0.261 e. The molecule has 8 heteroatoms. The summed E-state index contributed by atoms with van der Waals surface area (Å²) in [6, 6.07) is 16.7. The van der Waals surface area contributed by atoms with Gasteiger partial charge in [0.25, 0.3) is 11.8 Å². The van der Waals surface area contributed by atoms with Crippen LogP contribution in [0.1, 0.15) is 65.8 Å². The number of hydroxylamine groups is 1. The lowest BCUT2D eigenvalue weighted by molar-refractivity contribution is -0.150. The van der Waals surface area contributed by atoms with Gasteiger partial charge >= 0.3 is 0 Å². The smallest absolute Gasteiger partial charge is 0.261 e. The first-order chi connectivity index (χ1) is 17.8. The monoisotopic (exact) mass is 505 g/mol. The first kappa shape index (κ1) is 26.5. The highest BCUT2D eigenvalue weighted by Gasteiger charge is 2.54. The molecule has 2 aromatic rings. The van der Waals surface area contributed by atoms with Crippen molar-refractivity contribution in [2.24, 2.45) is 17.3 Å². The van der Waals surface area contributed by atoms with Crippen LogP contribution in [0.4, 0.5) is 0 Å². The Morgan fingerprint density at radius 3 is 2.19 bits per heavy atom. The molecule has 2 aliphatic rings. The summed E-state index contributed by atoms with van der Waals surface area (Å²) in [6.45, 7) is 5.11. The highest BCUT2D eigenvalue weighted by atomic mass is 16.5. The van der Waals surface area contributed by atoms with Crippen molar-refractivity contribution in [3.05, 3.63) is 71.3 Å². The molecule has 0 radical (unpaired) electrons. The predicted octanol–water partition coefficient (Wildman–Crippen LogP) is 3.69. The molecule has 1 saturated heterocycles. The topological polar surface area (TPSA) is 107 Å². The van der Waals surface area contributed by atoms with E-state index in [9.17, 15) is 24.4 Å². The van der Waals surface area contributed by atoms with Gasteiger partial charge in [-0.15, -0.1) is 0 Å². The molecule has 1 fully saturated rings. The van der Waals surface area contributed by atoms with Gasteiger partial charge < -0.3 is 4.90 Å². The quantitative estimate of drug-likeness (QED) is 0.275. The highest BCUT2D eigenvalue weighted by molar-refractivity contribution is 6.21. The molecule has 2 aromatic carbocycles. The molecule has 2 unspecified atom stereocenters. The molecule has 4 amide bonds. The van der Waals surface area contributed by atoms with E-state index >= 15 is 0 Å². The SMILES string of the molecule is CC(C)CC1(C(CCN2C(=O)c3ccccc3C2=O)C(=O)NO)CCN(CCCc2ccccc2)C1=O. The summed E-state index contributed by atoms with van der Waals surface area (Å²) in [4.78, 5) is 55.6. The molecule has 8 nitrogen and oxygen atoms in total. The van der Waals surface area contributed by atoms with Crippen molar-refractivity contribution < 1.29 is 24.4 Å². The van der Waals surface area contributed by atoms with Crippen molar-refractivity contribution in [2.45, 2.75) is 46.0 Å². The van der Waals surface area contributed by atoms with Gasteiger partial charge in [0.15, 0.2) is 0 Å². The molecular formula is C29H35N3O5. The molecule has 2 heterocycles. The van der Waals surface area contributed by atoms with Crippen molar-refractivity contribution in [3.63, 3.8) is 0 Å². The zero-order chi connectivity index (χ0) is 26.6. The summed E-state index contributed by atoms with van der Waals surface area (Å²) in [7, 11) is 0. The second kappa shape index (κ2) is 11.3. The number of carbonyl (C=O) groups is 4. The van der Waals surface area contributed by atoms with Crippen LogP contribution in [0.5, 0.6) is 0 Å². The first-order valence-electron chi connectivity index (χ1n) is 13.0. The summed E-state index contributed by atoms with van der Waals surface area (Å²) in [5.41, 5.74) is 2.64. The number of nitrogens with one attached hydrogen (secondary N) is 1. The van der Waals surface area contributed by atoms with Gasteiger partial charge in [0.1, 0.15) is 0 Å². The molecule has 0 aliphatic carbocycles. The standard InChI is InChI=1S/C29H35N3O5/c1-20(2)19-29(15-18-31(28(29)36)16-8-11-21-9-4-3-5-10-21)24(25(33)30-37)14-17-32-26(34)22-12-6-7-13-23(22)27(32)35/h3-7,9-10,12-13,20,24,37H,8,11,14-19H2,1-2H3,(H,30,33). The van der Waals surface area contributed by atoms with Crippen LogP contribution in [0, 0.1) is 17.3 Å². The fourth-order valence-electron chi connectivity index (χ4n) is 6.01. The van der Waals surface area contributed by atoms with Crippen molar-refractivity contribution in [2.75, 3.05) is 19.6 Å². The number of fused-ring (bicyclic) bond motifs is 1. The number of aryl methyl sites for hydroxylation is 1. The Hall–Kier alpha value is -3.52. The third-order valence-corrected chi connectivity index (χ3v) is 7.66. The van der Waals surface area contributed by atoms with Gasteiger partial charge in [-0.25, -0.2) is 5.48 Å². The minimum Gasteiger partial charge on any atom is -0.342 e. The fourth-order valence-corrected chi connectivity index (χ4v) is 6.01.